The number of methoxy groups -OCH3 is 1. The van der Waals surface area contributed by atoms with E-state index in [1.54, 1.807) is 6.08 Å². The smallest absolute Gasteiger partial charge is 0.330 e. The lowest BCUT2D eigenvalue weighted by atomic mass is 10.0. The maximum Gasteiger partial charge on any atom is 0.330 e. The van der Waals surface area contributed by atoms with E-state index in [2.05, 4.69) is 46.4 Å². The summed E-state index contributed by atoms with van der Waals surface area (Å²) in [6.07, 6.45) is 7.98. The van der Waals surface area contributed by atoms with Gasteiger partial charge in [0.1, 0.15) is 5.60 Å². The molecule has 1 unspecified atom stereocenters. The lowest BCUT2D eigenvalue weighted by molar-refractivity contribution is -0.156. The number of carbonyl (C=O) groups is 2. The van der Waals surface area contributed by atoms with Crippen LogP contribution < -0.4 is 0 Å². The first kappa shape index (κ1) is 24.7. The summed E-state index contributed by atoms with van der Waals surface area (Å²) in [4.78, 5) is 29.9. The van der Waals surface area contributed by atoms with Gasteiger partial charge in [-0.3, -0.25) is 9.69 Å². The third-order valence-corrected chi connectivity index (χ3v) is 6.36. The van der Waals surface area contributed by atoms with E-state index in [4.69, 9.17) is 9.47 Å². The highest BCUT2D eigenvalue weighted by Gasteiger charge is 2.30. The molecule has 0 bridgehead atoms. The van der Waals surface area contributed by atoms with Gasteiger partial charge in [-0.25, -0.2) is 4.79 Å². The normalized spacial score (nSPS) is 15.6. The molecule has 35 heavy (non-hydrogen) atoms. The molecule has 0 radical (unpaired) electrons. The number of para-hydroxylation sites is 1. The van der Waals surface area contributed by atoms with Crippen molar-refractivity contribution >= 4 is 28.9 Å². The van der Waals surface area contributed by atoms with E-state index in [0.717, 1.165) is 36.9 Å². The molecule has 3 aromatic rings. The van der Waals surface area contributed by atoms with Crippen LogP contribution in [0.15, 0.2) is 54.7 Å². The fourth-order valence-corrected chi connectivity index (χ4v) is 4.82. The Labute approximate surface area is 206 Å². The number of carbonyl (C=O) groups excluding carboxylic acids is 2. The van der Waals surface area contributed by atoms with Crippen LogP contribution in [-0.4, -0.2) is 47.6 Å². The number of hydrogen-bond acceptors (Lipinski definition) is 5. The number of esters is 2. The highest BCUT2D eigenvalue weighted by molar-refractivity contribution is 5.87. The summed E-state index contributed by atoms with van der Waals surface area (Å²) < 4.78 is 10.4. The number of hydrogen-bond donors (Lipinski definition) is 1. The Morgan fingerprint density at radius 3 is 2.74 bits per heavy atom. The van der Waals surface area contributed by atoms with Gasteiger partial charge in [-0.05, 0) is 74.4 Å². The van der Waals surface area contributed by atoms with Crippen molar-refractivity contribution in [1.82, 2.24) is 9.88 Å². The third kappa shape index (κ3) is 6.20. The lowest BCUT2D eigenvalue weighted by Gasteiger charge is -2.30. The number of H-pyrrole nitrogens is 1. The molecule has 1 N–H and O–H groups in total. The number of benzene rings is 2. The highest BCUT2D eigenvalue weighted by Crippen LogP contribution is 2.37. The molecule has 0 aliphatic heterocycles. The average Bonchev–Trinajstić information content (AvgIpc) is 3.43. The van der Waals surface area contributed by atoms with Crippen molar-refractivity contribution in [2.75, 3.05) is 20.2 Å². The van der Waals surface area contributed by atoms with Gasteiger partial charge in [0.15, 0.2) is 0 Å². The van der Waals surface area contributed by atoms with Gasteiger partial charge in [0.2, 0.25) is 0 Å². The van der Waals surface area contributed by atoms with E-state index >= 15 is 0 Å². The Balaban J connectivity index is 1.55. The van der Waals surface area contributed by atoms with Gasteiger partial charge in [0, 0.05) is 35.8 Å². The number of aromatic nitrogens is 1. The van der Waals surface area contributed by atoms with Crippen LogP contribution in [-0.2, 0) is 31.9 Å². The van der Waals surface area contributed by atoms with Crippen molar-refractivity contribution in [3.05, 3.63) is 77.0 Å². The zero-order valence-corrected chi connectivity index (χ0v) is 21.0. The Morgan fingerprint density at radius 2 is 1.97 bits per heavy atom. The summed E-state index contributed by atoms with van der Waals surface area (Å²) >= 11 is 0. The fourth-order valence-electron chi connectivity index (χ4n) is 4.82. The van der Waals surface area contributed by atoms with Gasteiger partial charge in [-0.2, -0.15) is 0 Å². The topological polar surface area (TPSA) is 71.6 Å². The van der Waals surface area contributed by atoms with Crippen LogP contribution >= 0.6 is 0 Å². The van der Waals surface area contributed by atoms with Crippen molar-refractivity contribution < 1.29 is 19.1 Å². The minimum Gasteiger partial charge on any atom is -0.466 e. The minimum atomic E-state index is -0.520. The second-order valence-electron chi connectivity index (χ2n) is 10.0. The molecule has 1 atom stereocenters. The Hall–Kier alpha value is -3.38. The first-order valence-electron chi connectivity index (χ1n) is 12.1. The van der Waals surface area contributed by atoms with Gasteiger partial charge in [0.25, 0.3) is 0 Å². The van der Waals surface area contributed by atoms with Gasteiger partial charge in [-0.15, -0.1) is 0 Å². The minimum absolute atomic E-state index is 0.140. The molecule has 1 heterocycles. The maximum absolute atomic E-state index is 12.8. The Morgan fingerprint density at radius 1 is 1.17 bits per heavy atom. The van der Waals surface area contributed by atoms with Gasteiger partial charge in [-0.1, -0.05) is 36.4 Å². The fraction of sp³-hybridized carbons (Fsp3) is 0.379. The van der Waals surface area contributed by atoms with Crippen molar-refractivity contribution in [2.45, 2.75) is 51.7 Å². The molecule has 1 aromatic heterocycles. The molecule has 0 spiro atoms. The summed E-state index contributed by atoms with van der Waals surface area (Å²) in [7, 11) is 1.37. The van der Waals surface area contributed by atoms with Crippen molar-refractivity contribution in [3.63, 3.8) is 0 Å². The van der Waals surface area contributed by atoms with E-state index in [1.807, 2.05) is 32.9 Å². The molecule has 1 aliphatic rings. The van der Waals surface area contributed by atoms with Crippen LogP contribution in [0.1, 0.15) is 55.5 Å². The molecule has 1 aliphatic carbocycles. The number of rotatable bonds is 8. The van der Waals surface area contributed by atoms with E-state index < -0.39 is 5.60 Å². The first-order valence-corrected chi connectivity index (χ1v) is 12.1. The van der Waals surface area contributed by atoms with Crippen LogP contribution in [0.2, 0.25) is 0 Å². The monoisotopic (exact) mass is 474 g/mol. The van der Waals surface area contributed by atoms with E-state index in [0.29, 0.717) is 0 Å². The second-order valence-corrected chi connectivity index (χ2v) is 10.0. The predicted octanol–water partition coefficient (Wildman–Crippen LogP) is 5.23. The molecule has 184 valence electrons. The van der Waals surface area contributed by atoms with Crippen LogP contribution in [0.25, 0.3) is 17.0 Å². The number of aryl methyl sites for hydroxylation is 1. The largest absolute Gasteiger partial charge is 0.466 e. The average molecular weight is 475 g/mol. The van der Waals surface area contributed by atoms with Gasteiger partial charge >= 0.3 is 11.9 Å². The quantitative estimate of drug-likeness (QED) is 0.358. The Kier molecular flexibility index (Phi) is 7.41. The number of aromatic amines is 1. The zero-order chi connectivity index (χ0) is 25.0. The molecule has 6 heteroatoms. The molecule has 0 fully saturated rings. The molecular weight excluding hydrogens is 440 g/mol. The molecule has 2 aromatic carbocycles. The summed E-state index contributed by atoms with van der Waals surface area (Å²) in [5.41, 5.74) is 5.31. The first-order chi connectivity index (χ1) is 16.7. The van der Waals surface area contributed by atoms with Crippen LogP contribution in [0, 0.1) is 0 Å². The summed E-state index contributed by atoms with van der Waals surface area (Å²) in [6.45, 7) is 6.68. The van der Waals surface area contributed by atoms with Crippen molar-refractivity contribution in [1.29, 1.82) is 0 Å². The summed E-state index contributed by atoms with van der Waals surface area (Å²) in [5.74, 6) is -0.577. The van der Waals surface area contributed by atoms with Gasteiger partial charge < -0.3 is 14.5 Å². The van der Waals surface area contributed by atoms with Crippen molar-refractivity contribution in [2.24, 2.45) is 0 Å². The maximum atomic E-state index is 12.8. The summed E-state index contributed by atoms with van der Waals surface area (Å²) in [6, 6.07) is 14.7. The van der Waals surface area contributed by atoms with E-state index in [-0.39, 0.29) is 24.5 Å². The second kappa shape index (κ2) is 10.5. The number of nitrogens with one attached hydrogen (secondary N) is 1. The van der Waals surface area contributed by atoms with Crippen LogP contribution in [0.3, 0.4) is 0 Å². The molecule has 4 rings (SSSR count). The molecule has 0 saturated heterocycles. The molecule has 0 amide bonds. The van der Waals surface area contributed by atoms with Gasteiger partial charge in [0.05, 0.1) is 13.7 Å². The number of fused-ring (bicyclic) bond motifs is 2. The van der Waals surface area contributed by atoms with Crippen LogP contribution in [0.4, 0.5) is 0 Å². The molecule has 0 saturated carbocycles. The number of ether oxygens (including phenoxy) is 2. The Bertz CT molecular complexity index is 1230. The highest BCUT2D eigenvalue weighted by atomic mass is 16.6. The third-order valence-electron chi connectivity index (χ3n) is 6.36. The van der Waals surface area contributed by atoms with E-state index in [1.165, 1.54) is 35.3 Å². The van der Waals surface area contributed by atoms with E-state index in [9.17, 15) is 9.59 Å². The zero-order valence-electron chi connectivity index (χ0n) is 21.0. The van der Waals surface area contributed by atoms with Crippen molar-refractivity contribution in [3.8, 4) is 0 Å². The summed E-state index contributed by atoms with van der Waals surface area (Å²) in [5, 5.41) is 1.22. The molecular formula is C29H34N2O4. The lowest BCUT2D eigenvalue weighted by Crippen LogP contribution is -2.38. The SMILES string of the molecule is COC(=O)/C=C/c1ccc2c(c1)CCC2N(CCc1c[nH]c2ccccc12)CC(=O)OC(C)(C)C. The molecule has 6 nitrogen and oxygen atoms in total. The van der Waals surface area contributed by atoms with Crippen LogP contribution in [0.5, 0.6) is 0 Å². The predicted molar refractivity (Wildman–Crippen MR) is 138 cm³/mol. The number of nitrogens with zero attached hydrogens (tertiary/aromatic N) is 1. The standard InChI is InChI=1S/C29H34N2O4/c1-29(2,3)35-28(33)19-31(16-15-22-18-30-25-8-6-5-7-23(22)25)26-13-11-21-17-20(9-12-24(21)26)10-14-27(32)34-4/h5-10,12,14,17-18,26,30H,11,13,15-16,19H2,1-4H3/b14-10+.